The van der Waals surface area contributed by atoms with Crippen LogP contribution in [0.3, 0.4) is 0 Å². The fourth-order valence-corrected chi connectivity index (χ4v) is 2.37. The van der Waals surface area contributed by atoms with Crippen molar-refractivity contribution < 1.29 is 30.3 Å². The lowest BCUT2D eigenvalue weighted by Gasteiger charge is -2.28. The molecule has 2 rings (SSSR count). The van der Waals surface area contributed by atoms with Gasteiger partial charge in [-0.25, -0.2) is 0 Å². The third-order valence-corrected chi connectivity index (χ3v) is 4.08. The van der Waals surface area contributed by atoms with Crippen LogP contribution < -0.4 is 0 Å². The summed E-state index contributed by atoms with van der Waals surface area (Å²) in [6, 6.07) is 0. The highest BCUT2D eigenvalue weighted by Crippen LogP contribution is 2.38. The van der Waals surface area contributed by atoms with Crippen molar-refractivity contribution in [1.29, 1.82) is 0 Å². The highest BCUT2D eigenvalue weighted by molar-refractivity contribution is 7.87. The molecule has 0 saturated carbocycles. The van der Waals surface area contributed by atoms with E-state index in [-0.39, 0.29) is 18.6 Å². The van der Waals surface area contributed by atoms with Crippen molar-refractivity contribution in [3.63, 3.8) is 0 Å². The largest absolute Gasteiger partial charge is 0.534 e. The molecule has 0 saturated heterocycles. The Morgan fingerprint density at radius 3 is 2.60 bits per heavy atom. The highest BCUT2D eigenvalue weighted by atomic mass is 32.2. The molecule has 0 aromatic carbocycles. The van der Waals surface area contributed by atoms with Crippen molar-refractivity contribution >= 4 is 10.1 Å². The van der Waals surface area contributed by atoms with Crippen molar-refractivity contribution in [2.24, 2.45) is 0 Å². The van der Waals surface area contributed by atoms with E-state index in [1.807, 2.05) is 0 Å². The number of nitrogens with zero attached hydrogens (tertiary/aromatic N) is 2. The maximum Gasteiger partial charge on any atom is 0.534 e. The van der Waals surface area contributed by atoms with Crippen molar-refractivity contribution in [3.05, 3.63) is 24.1 Å². The van der Waals surface area contributed by atoms with Crippen LogP contribution in [-0.2, 0) is 19.7 Å². The monoisotopic (exact) mass is 312 g/mol. The number of hydrogen-bond donors (Lipinski definition) is 0. The number of rotatable bonds is 3. The molecule has 1 aromatic heterocycles. The van der Waals surface area contributed by atoms with Crippen molar-refractivity contribution in [2.75, 3.05) is 0 Å². The van der Waals surface area contributed by atoms with Gasteiger partial charge in [0.1, 0.15) is 5.76 Å². The molecule has 0 fully saturated rings. The smallest absolute Gasteiger partial charge is 0.381 e. The zero-order valence-electron chi connectivity index (χ0n) is 10.3. The van der Waals surface area contributed by atoms with E-state index in [9.17, 15) is 21.6 Å². The quantitative estimate of drug-likeness (QED) is 0.629. The van der Waals surface area contributed by atoms with Gasteiger partial charge in [-0.05, 0) is 18.9 Å². The standard InChI is InChI=1S/C10H11F3N2O4S/c1-9(8-14-6-15-18-8)4-2-7(3-5-9)19-20(16,17)10(11,12)13/h2,6H,3-5H2,1H3. The Morgan fingerprint density at radius 2 is 2.15 bits per heavy atom. The topological polar surface area (TPSA) is 82.3 Å². The van der Waals surface area contributed by atoms with Crippen LogP contribution in [0.2, 0.25) is 0 Å². The molecule has 1 heterocycles. The first-order valence-corrected chi connectivity index (χ1v) is 7.02. The Labute approximate surface area is 112 Å². The van der Waals surface area contributed by atoms with Crippen LogP contribution in [0, 0.1) is 0 Å². The first-order valence-electron chi connectivity index (χ1n) is 5.61. The van der Waals surface area contributed by atoms with E-state index in [0.29, 0.717) is 12.3 Å². The molecule has 112 valence electrons. The fourth-order valence-electron chi connectivity index (χ4n) is 1.84. The summed E-state index contributed by atoms with van der Waals surface area (Å²) in [4.78, 5) is 3.90. The van der Waals surface area contributed by atoms with E-state index in [4.69, 9.17) is 4.52 Å². The number of allylic oxidation sites excluding steroid dienone is 2. The minimum atomic E-state index is -5.61. The van der Waals surface area contributed by atoms with Crippen LogP contribution in [0.1, 0.15) is 32.1 Å². The molecule has 1 aliphatic carbocycles. The summed E-state index contributed by atoms with van der Waals surface area (Å²) in [7, 11) is -5.61. The van der Waals surface area contributed by atoms with Crippen LogP contribution in [0.4, 0.5) is 13.2 Å². The summed E-state index contributed by atoms with van der Waals surface area (Å²) >= 11 is 0. The molecular formula is C10H11F3N2O4S. The van der Waals surface area contributed by atoms with Crippen LogP contribution in [-0.4, -0.2) is 24.1 Å². The number of hydrogen-bond acceptors (Lipinski definition) is 6. The third-order valence-electron chi connectivity index (χ3n) is 3.08. The van der Waals surface area contributed by atoms with E-state index < -0.39 is 21.0 Å². The molecule has 10 heteroatoms. The van der Waals surface area contributed by atoms with Crippen LogP contribution >= 0.6 is 0 Å². The molecule has 0 bridgehead atoms. The minimum Gasteiger partial charge on any atom is -0.381 e. The van der Waals surface area contributed by atoms with Gasteiger partial charge in [0.2, 0.25) is 5.89 Å². The summed E-state index contributed by atoms with van der Waals surface area (Å²) < 4.78 is 67.4. The molecule has 0 aliphatic heterocycles. The van der Waals surface area contributed by atoms with E-state index in [1.165, 1.54) is 12.4 Å². The summed E-state index contributed by atoms with van der Waals surface area (Å²) in [6.07, 6.45) is 3.15. The van der Waals surface area contributed by atoms with Crippen LogP contribution in [0.25, 0.3) is 0 Å². The lowest BCUT2D eigenvalue weighted by Crippen LogP contribution is -2.29. The second-order valence-electron chi connectivity index (χ2n) is 4.66. The maximum atomic E-state index is 12.2. The Balaban J connectivity index is 2.11. The van der Waals surface area contributed by atoms with Gasteiger partial charge < -0.3 is 8.71 Å². The van der Waals surface area contributed by atoms with Gasteiger partial charge in [-0.2, -0.15) is 26.6 Å². The van der Waals surface area contributed by atoms with Crippen LogP contribution in [0.5, 0.6) is 0 Å². The zero-order chi connectivity index (χ0) is 15.0. The first kappa shape index (κ1) is 14.8. The van der Waals surface area contributed by atoms with Gasteiger partial charge in [-0.15, -0.1) is 0 Å². The molecule has 20 heavy (non-hydrogen) atoms. The number of aromatic nitrogens is 2. The van der Waals surface area contributed by atoms with Gasteiger partial charge in [0, 0.05) is 6.42 Å². The molecule has 1 aliphatic rings. The molecule has 6 nitrogen and oxygen atoms in total. The van der Waals surface area contributed by atoms with Crippen molar-refractivity contribution in [2.45, 2.75) is 37.1 Å². The van der Waals surface area contributed by atoms with E-state index in [0.717, 1.165) is 0 Å². The van der Waals surface area contributed by atoms with E-state index >= 15 is 0 Å². The minimum absolute atomic E-state index is 0.0359. The Bertz CT molecular complexity index is 609. The van der Waals surface area contributed by atoms with Crippen LogP contribution in [0.15, 0.2) is 22.7 Å². The first-order chi connectivity index (χ1) is 9.14. The zero-order valence-corrected chi connectivity index (χ0v) is 11.2. The second-order valence-corrected chi connectivity index (χ2v) is 6.20. The average Bonchev–Trinajstić information content (AvgIpc) is 2.85. The lowest BCUT2D eigenvalue weighted by atomic mass is 9.78. The SMILES string of the molecule is CC1(c2ncno2)CC=C(OS(=O)(=O)C(F)(F)F)CC1. The maximum absolute atomic E-state index is 12.2. The van der Waals surface area contributed by atoms with Gasteiger partial charge in [0.05, 0.1) is 5.41 Å². The predicted molar refractivity (Wildman–Crippen MR) is 59.6 cm³/mol. The lowest BCUT2D eigenvalue weighted by molar-refractivity contribution is -0.0524. The normalized spacial score (nSPS) is 24.3. The van der Waals surface area contributed by atoms with Crippen molar-refractivity contribution in [3.8, 4) is 0 Å². The number of alkyl halides is 3. The van der Waals surface area contributed by atoms with E-state index in [2.05, 4.69) is 14.3 Å². The van der Waals surface area contributed by atoms with Gasteiger partial charge in [0.25, 0.3) is 0 Å². The van der Waals surface area contributed by atoms with Gasteiger partial charge in [0.15, 0.2) is 6.33 Å². The molecule has 0 amide bonds. The molecule has 1 atom stereocenters. The molecule has 0 radical (unpaired) electrons. The second kappa shape index (κ2) is 4.76. The Hall–Kier alpha value is -1.58. The highest BCUT2D eigenvalue weighted by Gasteiger charge is 2.49. The van der Waals surface area contributed by atoms with Gasteiger partial charge in [-0.1, -0.05) is 12.1 Å². The summed E-state index contributed by atoms with van der Waals surface area (Å²) in [5.74, 6) is 0.130. The summed E-state index contributed by atoms with van der Waals surface area (Å²) in [5.41, 5.74) is -5.97. The molecule has 0 spiro atoms. The summed E-state index contributed by atoms with van der Waals surface area (Å²) in [5, 5.41) is 3.47. The number of halogens is 3. The molecule has 0 N–H and O–H groups in total. The third kappa shape index (κ3) is 2.79. The van der Waals surface area contributed by atoms with Crippen molar-refractivity contribution in [1.82, 2.24) is 10.1 Å². The molecule has 1 unspecified atom stereocenters. The van der Waals surface area contributed by atoms with Gasteiger partial charge >= 0.3 is 15.6 Å². The Kier molecular flexibility index (Phi) is 3.53. The fraction of sp³-hybridized carbons (Fsp3) is 0.600. The predicted octanol–water partition coefficient (Wildman–Crippen LogP) is 2.26. The molecule has 1 aromatic rings. The Morgan fingerprint density at radius 1 is 1.45 bits per heavy atom. The summed E-state index contributed by atoms with van der Waals surface area (Å²) in [6.45, 7) is 1.80. The average molecular weight is 312 g/mol. The van der Waals surface area contributed by atoms with E-state index in [1.54, 1.807) is 6.92 Å². The van der Waals surface area contributed by atoms with Gasteiger partial charge in [-0.3, -0.25) is 0 Å². The molecular weight excluding hydrogens is 301 g/mol.